The van der Waals surface area contributed by atoms with Crippen molar-refractivity contribution in [1.82, 2.24) is 9.97 Å². The van der Waals surface area contributed by atoms with Gasteiger partial charge in [-0.1, -0.05) is 24.3 Å². The first-order valence-electron chi connectivity index (χ1n) is 12.6. The van der Waals surface area contributed by atoms with E-state index in [1.807, 2.05) is 0 Å². The van der Waals surface area contributed by atoms with Crippen molar-refractivity contribution in [3.05, 3.63) is 66.7 Å². The second kappa shape index (κ2) is 12.6. The van der Waals surface area contributed by atoms with Crippen LogP contribution in [0.15, 0.2) is 71.6 Å². The molecule has 0 spiro atoms. The Balaban J connectivity index is 1.65. The van der Waals surface area contributed by atoms with Crippen molar-refractivity contribution >= 4 is 22.0 Å². The number of hydrogen-bond acceptors (Lipinski definition) is 12. The van der Waals surface area contributed by atoms with Crippen molar-refractivity contribution in [3.8, 4) is 51.8 Å². The molecule has 5 rings (SSSR count). The van der Waals surface area contributed by atoms with E-state index >= 15 is 0 Å². The molecule has 43 heavy (non-hydrogen) atoms. The summed E-state index contributed by atoms with van der Waals surface area (Å²) >= 11 is 0. The maximum absolute atomic E-state index is 13.6. The Labute approximate surface area is 245 Å². The predicted molar refractivity (Wildman–Crippen MR) is 150 cm³/mol. The topological polar surface area (TPSA) is 174 Å². The third-order valence-corrected chi connectivity index (χ3v) is 7.23. The van der Waals surface area contributed by atoms with Gasteiger partial charge in [-0.2, -0.15) is 4.98 Å². The first-order valence-corrected chi connectivity index (χ1v) is 14.0. The second-order valence-corrected chi connectivity index (χ2v) is 10.2. The van der Waals surface area contributed by atoms with Crippen LogP contribution in [-0.4, -0.2) is 63.9 Å². The molecule has 0 fully saturated rings. The minimum absolute atomic E-state index is 0.0161. The lowest BCUT2D eigenvalue weighted by atomic mass is 10.2. The molecule has 0 aliphatic carbocycles. The normalized spacial score (nSPS) is 11.9. The minimum atomic E-state index is -4.31. The van der Waals surface area contributed by atoms with Gasteiger partial charge in [0.05, 0.1) is 24.7 Å². The lowest BCUT2D eigenvalue weighted by molar-refractivity contribution is 0.0770. The number of ether oxygens (including phenoxy) is 7. The molecule has 14 nitrogen and oxygen atoms in total. The Morgan fingerprint density at radius 1 is 0.907 bits per heavy atom. The number of nitrogens with one attached hydrogen (secondary N) is 1. The molecule has 0 saturated carbocycles. The van der Waals surface area contributed by atoms with Gasteiger partial charge in [-0.05, 0) is 36.4 Å². The Morgan fingerprint density at radius 2 is 1.60 bits per heavy atom. The molecule has 15 heteroatoms. The molecular formula is C28H25N3O11S. The summed E-state index contributed by atoms with van der Waals surface area (Å²) in [5.41, 5.74) is 0.406. The minimum Gasteiger partial charge on any atom is -0.496 e. The lowest BCUT2D eigenvalue weighted by Gasteiger charge is -2.19. The fourth-order valence-corrected chi connectivity index (χ4v) is 4.97. The van der Waals surface area contributed by atoms with Crippen LogP contribution in [0.5, 0.6) is 40.4 Å². The average Bonchev–Trinajstić information content (AvgIpc) is 3.49. The molecule has 1 aromatic heterocycles. The van der Waals surface area contributed by atoms with Gasteiger partial charge in [0.1, 0.15) is 19.0 Å². The molecule has 0 bridgehead atoms. The summed E-state index contributed by atoms with van der Waals surface area (Å²) in [5.74, 6) is 0.825. The van der Waals surface area contributed by atoms with Crippen LogP contribution in [0, 0.1) is 0 Å². The van der Waals surface area contributed by atoms with E-state index in [1.54, 1.807) is 48.5 Å². The van der Waals surface area contributed by atoms with E-state index in [-0.39, 0.29) is 59.7 Å². The van der Waals surface area contributed by atoms with Gasteiger partial charge in [-0.3, -0.25) is 4.72 Å². The molecule has 0 radical (unpaired) electrons. The number of para-hydroxylation sites is 3. The number of hydrogen-bond donors (Lipinski definition) is 2. The zero-order chi connectivity index (χ0) is 30.4. The highest BCUT2D eigenvalue weighted by atomic mass is 32.2. The van der Waals surface area contributed by atoms with Gasteiger partial charge in [0.25, 0.3) is 15.9 Å². The van der Waals surface area contributed by atoms with E-state index in [2.05, 4.69) is 19.4 Å². The molecule has 4 aromatic rings. The Morgan fingerprint density at radius 3 is 2.35 bits per heavy atom. The number of anilines is 1. The van der Waals surface area contributed by atoms with Crippen molar-refractivity contribution in [2.75, 3.05) is 38.9 Å². The number of nitrogens with zero attached hydrogens (tertiary/aromatic N) is 2. The molecule has 0 amide bonds. The largest absolute Gasteiger partial charge is 0.505 e. The maximum atomic E-state index is 13.6. The number of methoxy groups -OCH3 is 2. The van der Waals surface area contributed by atoms with Gasteiger partial charge in [0.15, 0.2) is 34.6 Å². The van der Waals surface area contributed by atoms with Crippen molar-refractivity contribution in [3.63, 3.8) is 0 Å². The second-order valence-electron chi connectivity index (χ2n) is 8.57. The third kappa shape index (κ3) is 6.56. The Bertz CT molecular complexity index is 1750. The standard InChI is InChI=1S/C28H25N3O11S/c1-36-19-8-4-3-7-18(19)25-29-26(31-43(34,35)17-11-12-21-23(15-17)41-16-40-21)24(27(30-25)38-13-14-39-28(32)33)42-22-10-6-5-9-20(22)37-2/h3-12,15H,13-14,16H2,1-2H3,(H,32,33)(H,29,30,31). The van der Waals surface area contributed by atoms with Gasteiger partial charge in [-0.15, -0.1) is 0 Å². The number of carbonyl (C=O) groups is 1. The first-order chi connectivity index (χ1) is 20.8. The average molecular weight is 612 g/mol. The molecule has 0 unspecified atom stereocenters. The van der Waals surface area contributed by atoms with Gasteiger partial charge < -0.3 is 38.3 Å². The van der Waals surface area contributed by atoms with E-state index in [0.717, 1.165) is 0 Å². The van der Waals surface area contributed by atoms with Crippen LogP contribution in [0.2, 0.25) is 0 Å². The zero-order valence-electron chi connectivity index (χ0n) is 22.8. The number of fused-ring (bicyclic) bond motifs is 1. The van der Waals surface area contributed by atoms with Gasteiger partial charge >= 0.3 is 6.16 Å². The molecule has 1 aliphatic rings. The number of benzene rings is 3. The summed E-state index contributed by atoms with van der Waals surface area (Å²) in [7, 11) is -1.41. The number of carboxylic acid groups (broad SMARTS) is 1. The molecule has 3 aromatic carbocycles. The summed E-state index contributed by atoms with van der Waals surface area (Å²) in [4.78, 5) is 19.7. The molecule has 1 aliphatic heterocycles. The summed E-state index contributed by atoms with van der Waals surface area (Å²) in [6, 6.07) is 17.6. The summed E-state index contributed by atoms with van der Waals surface area (Å²) < 4.78 is 67.7. The number of sulfonamides is 1. The van der Waals surface area contributed by atoms with E-state index in [4.69, 9.17) is 33.5 Å². The van der Waals surface area contributed by atoms with Gasteiger partial charge in [0, 0.05) is 6.07 Å². The third-order valence-electron chi connectivity index (χ3n) is 5.90. The van der Waals surface area contributed by atoms with Crippen LogP contribution in [0.1, 0.15) is 0 Å². The first kappa shape index (κ1) is 29.1. The van der Waals surface area contributed by atoms with Crippen molar-refractivity contribution in [2.24, 2.45) is 0 Å². The van der Waals surface area contributed by atoms with E-state index in [9.17, 15) is 13.2 Å². The Hall–Kier alpha value is -5.44. The summed E-state index contributed by atoms with van der Waals surface area (Å²) in [6.07, 6.45) is -1.50. The lowest BCUT2D eigenvalue weighted by Crippen LogP contribution is -2.17. The number of aromatic nitrogens is 2. The number of rotatable bonds is 12. The molecule has 0 atom stereocenters. The molecule has 2 N–H and O–H groups in total. The highest BCUT2D eigenvalue weighted by Crippen LogP contribution is 2.43. The van der Waals surface area contributed by atoms with Crippen LogP contribution < -0.4 is 33.1 Å². The van der Waals surface area contributed by atoms with Gasteiger partial charge in [0.2, 0.25) is 12.5 Å². The van der Waals surface area contributed by atoms with Crippen LogP contribution in [0.3, 0.4) is 0 Å². The zero-order valence-corrected chi connectivity index (χ0v) is 23.6. The fourth-order valence-electron chi connectivity index (χ4n) is 3.95. The van der Waals surface area contributed by atoms with E-state index in [0.29, 0.717) is 22.8 Å². The van der Waals surface area contributed by atoms with Crippen LogP contribution in [0.25, 0.3) is 11.4 Å². The fraction of sp³-hybridized carbons (Fsp3) is 0.179. The highest BCUT2D eigenvalue weighted by molar-refractivity contribution is 7.92. The predicted octanol–water partition coefficient (Wildman–Crippen LogP) is 4.56. The Kier molecular flexibility index (Phi) is 8.52. The van der Waals surface area contributed by atoms with Crippen molar-refractivity contribution in [2.45, 2.75) is 4.90 Å². The van der Waals surface area contributed by atoms with Crippen molar-refractivity contribution < 1.29 is 51.5 Å². The summed E-state index contributed by atoms with van der Waals surface area (Å²) in [5, 5.41) is 8.86. The van der Waals surface area contributed by atoms with E-state index < -0.39 is 16.2 Å². The highest BCUT2D eigenvalue weighted by Gasteiger charge is 2.27. The van der Waals surface area contributed by atoms with Crippen LogP contribution in [-0.2, 0) is 14.8 Å². The van der Waals surface area contributed by atoms with Crippen molar-refractivity contribution in [1.29, 1.82) is 0 Å². The summed E-state index contributed by atoms with van der Waals surface area (Å²) in [6.45, 7) is -0.676. The van der Waals surface area contributed by atoms with Crippen LogP contribution >= 0.6 is 0 Å². The molecule has 0 saturated heterocycles. The van der Waals surface area contributed by atoms with E-state index in [1.165, 1.54) is 32.4 Å². The van der Waals surface area contributed by atoms with Crippen LogP contribution in [0.4, 0.5) is 10.6 Å². The maximum Gasteiger partial charge on any atom is 0.505 e. The molecule has 224 valence electrons. The molecular weight excluding hydrogens is 586 g/mol. The SMILES string of the molecule is COc1ccccc1Oc1c(NS(=O)(=O)c2ccc3c(c2)OCO3)nc(-c2ccccc2OC)nc1OCCOC(=O)O. The van der Waals surface area contributed by atoms with Gasteiger partial charge in [-0.25, -0.2) is 18.2 Å². The monoisotopic (exact) mass is 611 g/mol. The molecule has 2 heterocycles. The smallest absolute Gasteiger partial charge is 0.496 e. The quantitative estimate of drug-likeness (QED) is 0.169.